The van der Waals surface area contributed by atoms with Crippen LogP contribution in [0.1, 0.15) is 46.0 Å². The lowest BCUT2D eigenvalue weighted by Crippen LogP contribution is -2.22. The van der Waals surface area contributed by atoms with E-state index >= 15 is 0 Å². The van der Waals surface area contributed by atoms with Gasteiger partial charge >= 0.3 is 17.9 Å². The number of carboxylic acid groups (broad SMARTS) is 1. The van der Waals surface area contributed by atoms with E-state index in [0.717, 1.165) is 12.8 Å². The van der Waals surface area contributed by atoms with Gasteiger partial charge in [0, 0.05) is 12.0 Å². The molecule has 0 fully saturated rings. The van der Waals surface area contributed by atoms with E-state index in [2.05, 4.69) is 11.3 Å². The zero-order valence-corrected chi connectivity index (χ0v) is 10.9. The first-order chi connectivity index (χ1) is 8.38. The Bertz CT molecular complexity index is 332. The van der Waals surface area contributed by atoms with Crippen LogP contribution in [0, 0.1) is 5.92 Å². The van der Waals surface area contributed by atoms with Crippen molar-refractivity contribution < 1.29 is 24.2 Å². The molecule has 1 atom stereocenters. The summed E-state index contributed by atoms with van der Waals surface area (Å²) < 4.78 is 4.63. The lowest BCUT2D eigenvalue weighted by Gasteiger charge is -2.13. The maximum absolute atomic E-state index is 11.7. The fourth-order valence-corrected chi connectivity index (χ4v) is 1.39. The Balaban J connectivity index is 4.42. The van der Waals surface area contributed by atoms with Gasteiger partial charge < -0.3 is 9.84 Å². The van der Waals surface area contributed by atoms with E-state index in [1.165, 1.54) is 6.92 Å². The van der Waals surface area contributed by atoms with E-state index < -0.39 is 23.8 Å². The highest BCUT2D eigenvalue weighted by molar-refractivity contribution is 5.95. The van der Waals surface area contributed by atoms with Crippen LogP contribution >= 0.6 is 0 Å². The van der Waals surface area contributed by atoms with E-state index in [1.54, 1.807) is 0 Å². The molecule has 18 heavy (non-hydrogen) atoms. The Morgan fingerprint density at radius 2 is 1.89 bits per heavy atom. The van der Waals surface area contributed by atoms with Crippen molar-refractivity contribution in [3.05, 3.63) is 12.2 Å². The molecule has 0 saturated heterocycles. The maximum atomic E-state index is 11.7. The van der Waals surface area contributed by atoms with Gasteiger partial charge in [0.25, 0.3) is 0 Å². The number of rotatable bonds is 8. The summed E-state index contributed by atoms with van der Waals surface area (Å²) >= 11 is 0. The predicted molar refractivity (Wildman–Crippen MR) is 65.8 cm³/mol. The molecule has 1 unspecified atom stereocenters. The summed E-state index contributed by atoms with van der Waals surface area (Å²) in [7, 11) is 0. The lowest BCUT2D eigenvalue weighted by molar-refractivity contribution is -0.160. The third-order valence-corrected chi connectivity index (χ3v) is 2.49. The first-order valence-electron chi connectivity index (χ1n) is 6.01. The topological polar surface area (TPSA) is 80.7 Å². The molecule has 0 rings (SSSR count). The van der Waals surface area contributed by atoms with Crippen molar-refractivity contribution >= 4 is 17.9 Å². The summed E-state index contributed by atoms with van der Waals surface area (Å²) in [5, 5.41) is 8.61. The normalized spacial score (nSPS) is 11.7. The van der Waals surface area contributed by atoms with Gasteiger partial charge in [0.1, 0.15) is 0 Å². The standard InChI is InChI=1S/C13H20O5/c1-4-5-6-10(7-8-11(14)15)13(17)18-12(16)9(2)3/h10H,2,4-8H2,1,3H3,(H,14,15). The Kier molecular flexibility index (Phi) is 7.67. The molecule has 0 radical (unpaired) electrons. The van der Waals surface area contributed by atoms with E-state index in [1.807, 2.05) is 6.92 Å². The zero-order chi connectivity index (χ0) is 14.1. The molecule has 0 aromatic carbocycles. The third-order valence-electron chi connectivity index (χ3n) is 2.49. The van der Waals surface area contributed by atoms with Gasteiger partial charge in [-0.15, -0.1) is 0 Å². The quantitative estimate of drug-likeness (QED) is 0.409. The van der Waals surface area contributed by atoms with Gasteiger partial charge in [0.05, 0.1) is 5.92 Å². The minimum atomic E-state index is -0.962. The SMILES string of the molecule is C=C(C)C(=O)OC(=O)C(CCCC)CCC(=O)O. The monoisotopic (exact) mass is 256 g/mol. The summed E-state index contributed by atoms with van der Waals surface area (Å²) in [6.07, 6.45) is 2.31. The molecule has 102 valence electrons. The van der Waals surface area contributed by atoms with Crippen molar-refractivity contribution in [3.63, 3.8) is 0 Å². The molecule has 5 heteroatoms. The van der Waals surface area contributed by atoms with Crippen LogP contribution in [0.2, 0.25) is 0 Å². The number of carboxylic acids is 1. The van der Waals surface area contributed by atoms with Gasteiger partial charge in [0.2, 0.25) is 0 Å². The number of ether oxygens (including phenoxy) is 1. The van der Waals surface area contributed by atoms with Crippen molar-refractivity contribution in [2.24, 2.45) is 5.92 Å². The Morgan fingerprint density at radius 3 is 2.33 bits per heavy atom. The van der Waals surface area contributed by atoms with Gasteiger partial charge in [0.15, 0.2) is 0 Å². The molecular formula is C13H20O5. The minimum Gasteiger partial charge on any atom is -0.481 e. The molecule has 5 nitrogen and oxygen atoms in total. The summed E-state index contributed by atoms with van der Waals surface area (Å²) in [6.45, 7) is 6.81. The lowest BCUT2D eigenvalue weighted by atomic mass is 9.97. The molecule has 0 aliphatic heterocycles. The number of aliphatic carboxylic acids is 1. The highest BCUT2D eigenvalue weighted by atomic mass is 16.6. The molecule has 0 saturated carbocycles. The number of carbonyl (C=O) groups is 3. The molecule has 0 aliphatic rings. The van der Waals surface area contributed by atoms with Gasteiger partial charge in [-0.1, -0.05) is 26.3 Å². The number of hydrogen-bond acceptors (Lipinski definition) is 4. The second-order valence-corrected chi connectivity index (χ2v) is 4.26. The molecule has 0 bridgehead atoms. The Hall–Kier alpha value is -1.65. The second kappa shape index (κ2) is 8.44. The first kappa shape index (κ1) is 16.4. The van der Waals surface area contributed by atoms with Crippen molar-refractivity contribution in [1.82, 2.24) is 0 Å². The van der Waals surface area contributed by atoms with Gasteiger partial charge in [-0.2, -0.15) is 0 Å². The van der Waals surface area contributed by atoms with Crippen molar-refractivity contribution in [1.29, 1.82) is 0 Å². The first-order valence-corrected chi connectivity index (χ1v) is 6.01. The summed E-state index contributed by atoms with van der Waals surface area (Å²) in [5.74, 6) is -2.91. The second-order valence-electron chi connectivity index (χ2n) is 4.26. The molecule has 0 aromatic rings. The van der Waals surface area contributed by atoms with E-state index in [9.17, 15) is 14.4 Å². The maximum Gasteiger partial charge on any atom is 0.340 e. The molecule has 1 N–H and O–H groups in total. The molecule has 0 aromatic heterocycles. The number of unbranched alkanes of at least 4 members (excludes halogenated alkanes) is 1. The van der Waals surface area contributed by atoms with Crippen LogP contribution in [-0.2, 0) is 19.1 Å². The fraction of sp³-hybridized carbons (Fsp3) is 0.615. The highest BCUT2D eigenvalue weighted by Gasteiger charge is 2.23. The average Bonchev–Trinajstić information content (AvgIpc) is 2.28. The third kappa shape index (κ3) is 6.83. The number of hydrogen-bond donors (Lipinski definition) is 1. The summed E-state index contributed by atoms with van der Waals surface area (Å²) in [5.41, 5.74) is 0.149. The number of carbonyl (C=O) groups excluding carboxylic acids is 2. The van der Waals surface area contributed by atoms with Crippen LogP contribution in [0.5, 0.6) is 0 Å². The van der Waals surface area contributed by atoms with Crippen LogP contribution in [0.15, 0.2) is 12.2 Å². The van der Waals surface area contributed by atoms with Crippen LogP contribution in [0.4, 0.5) is 0 Å². The van der Waals surface area contributed by atoms with Crippen LogP contribution in [0.3, 0.4) is 0 Å². The average molecular weight is 256 g/mol. The van der Waals surface area contributed by atoms with Crippen LogP contribution in [0.25, 0.3) is 0 Å². The van der Waals surface area contributed by atoms with Crippen molar-refractivity contribution in [2.45, 2.75) is 46.0 Å². The van der Waals surface area contributed by atoms with Crippen molar-refractivity contribution in [3.8, 4) is 0 Å². The summed E-state index contributed by atoms with van der Waals surface area (Å²) in [6, 6.07) is 0. The van der Waals surface area contributed by atoms with E-state index in [0.29, 0.717) is 6.42 Å². The van der Waals surface area contributed by atoms with E-state index in [4.69, 9.17) is 5.11 Å². The Morgan fingerprint density at radius 1 is 1.28 bits per heavy atom. The molecule has 0 aliphatic carbocycles. The predicted octanol–water partition coefficient (Wildman–Crippen LogP) is 2.30. The summed E-state index contributed by atoms with van der Waals surface area (Å²) in [4.78, 5) is 33.4. The van der Waals surface area contributed by atoms with Crippen molar-refractivity contribution in [2.75, 3.05) is 0 Å². The molecular weight excluding hydrogens is 236 g/mol. The number of esters is 2. The highest BCUT2D eigenvalue weighted by Crippen LogP contribution is 2.17. The molecule has 0 spiro atoms. The fourth-order valence-electron chi connectivity index (χ4n) is 1.39. The van der Waals surface area contributed by atoms with Crippen LogP contribution in [-0.4, -0.2) is 23.0 Å². The molecule has 0 heterocycles. The molecule has 0 amide bonds. The van der Waals surface area contributed by atoms with Gasteiger partial charge in [-0.25, -0.2) is 4.79 Å². The van der Waals surface area contributed by atoms with E-state index in [-0.39, 0.29) is 18.4 Å². The van der Waals surface area contributed by atoms with Crippen LogP contribution < -0.4 is 0 Å². The van der Waals surface area contributed by atoms with Gasteiger partial charge in [-0.3, -0.25) is 9.59 Å². The Labute approximate surface area is 107 Å². The largest absolute Gasteiger partial charge is 0.481 e. The minimum absolute atomic E-state index is 0.106. The van der Waals surface area contributed by atoms with Gasteiger partial charge in [-0.05, 0) is 19.8 Å². The zero-order valence-electron chi connectivity index (χ0n) is 10.9. The smallest absolute Gasteiger partial charge is 0.340 e.